The second-order valence-electron chi connectivity index (χ2n) is 4.70. The van der Waals surface area contributed by atoms with Crippen LogP contribution < -0.4 is 5.32 Å². The van der Waals surface area contributed by atoms with Crippen molar-refractivity contribution in [3.05, 3.63) is 29.7 Å². The van der Waals surface area contributed by atoms with Gasteiger partial charge in [-0.15, -0.1) is 6.58 Å². The molecule has 0 atom stereocenters. The van der Waals surface area contributed by atoms with Crippen LogP contribution in [0.5, 0.6) is 0 Å². The first-order chi connectivity index (χ1) is 9.89. The molecule has 1 heterocycles. The van der Waals surface area contributed by atoms with Crippen molar-refractivity contribution in [2.45, 2.75) is 25.3 Å². The minimum Gasteiger partial charge on any atom is -0.465 e. The molecule has 120 valence electrons. The molecule has 0 amide bonds. The van der Waals surface area contributed by atoms with Crippen LogP contribution in [0.4, 0.5) is 0 Å². The summed E-state index contributed by atoms with van der Waals surface area (Å²) in [5, 5.41) is 2.98. The summed E-state index contributed by atoms with van der Waals surface area (Å²) in [6.07, 6.45) is 1.56. The van der Waals surface area contributed by atoms with Crippen molar-refractivity contribution in [3.63, 3.8) is 0 Å². The maximum Gasteiger partial charge on any atom is 0.247 e. The molecule has 0 aliphatic carbocycles. The van der Waals surface area contributed by atoms with Gasteiger partial charge in [-0.05, 0) is 20.9 Å². The second kappa shape index (κ2) is 7.74. The maximum absolute atomic E-state index is 12.9. The normalized spacial score (nSPS) is 12.0. The van der Waals surface area contributed by atoms with Gasteiger partial charge in [0.15, 0.2) is 0 Å². The number of hydrogen-bond donors (Lipinski definition) is 1. The van der Waals surface area contributed by atoms with Crippen molar-refractivity contribution in [1.29, 1.82) is 0 Å². The molecule has 1 rings (SSSR count). The number of sulfonamides is 1. The highest BCUT2D eigenvalue weighted by Crippen LogP contribution is 2.29. The van der Waals surface area contributed by atoms with Crippen LogP contribution in [-0.4, -0.2) is 46.6 Å². The Labute approximate surface area is 126 Å². The van der Waals surface area contributed by atoms with Crippen LogP contribution in [0.25, 0.3) is 0 Å². The predicted molar refractivity (Wildman–Crippen MR) is 81.8 cm³/mol. The molecule has 0 radical (unpaired) electrons. The van der Waals surface area contributed by atoms with Crippen molar-refractivity contribution < 1.29 is 17.6 Å². The third kappa shape index (κ3) is 3.94. The van der Waals surface area contributed by atoms with Gasteiger partial charge in [0.1, 0.15) is 16.4 Å². The Kier molecular flexibility index (Phi) is 6.60. The third-order valence-corrected chi connectivity index (χ3v) is 5.22. The van der Waals surface area contributed by atoms with Gasteiger partial charge in [-0.25, -0.2) is 8.42 Å². The molecule has 0 saturated heterocycles. The molecule has 0 saturated carbocycles. The van der Waals surface area contributed by atoms with E-state index in [1.807, 2.05) is 0 Å². The van der Waals surface area contributed by atoms with Crippen LogP contribution >= 0.6 is 0 Å². The zero-order chi connectivity index (χ0) is 16.0. The summed E-state index contributed by atoms with van der Waals surface area (Å²) in [4.78, 5) is 0.243. The molecule has 21 heavy (non-hydrogen) atoms. The van der Waals surface area contributed by atoms with Crippen molar-refractivity contribution >= 4 is 10.0 Å². The van der Waals surface area contributed by atoms with Crippen molar-refractivity contribution in [1.82, 2.24) is 9.62 Å². The van der Waals surface area contributed by atoms with Crippen LogP contribution in [0.1, 0.15) is 17.1 Å². The number of nitrogens with one attached hydrogen (secondary N) is 1. The van der Waals surface area contributed by atoms with E-state index >= 15 is 0 Å². The SMILES string of the molecule is C=CCN(CCOC)S(=O)(=O)c1c(C)oc(C)c1CNC. The Balaban J connectivity index is 3.29. The van der Waals surface area contributed by atoms with Gasteiger partial charge in [-0.1, -0.05) is 6.08 Å². The number of aryl methyl sites for hydroxylation is 2. The lowest BCUT2D eigenvalue weighted by Gasteiger charge is -2.20. The fourth-order valence-electron chi connectivity index (χ4n) is 2.20. The fourth-order valence-corrected chi connectivity index (χ4v) is 4.01. The topological polar surface area (TPSA) is 71.8 Å². The summed E-state index contributed by atoms with van der Waals surface area (Å²) >= 11 is 0. The fraction of sp³-hybridized carbons (Fsp3) is 0.571. The second-order valence-corrected chi connectivity index (χ2v) is 6.57. The molecule has 1 aromatic heterocycles. The zero-order valence-electron chi connectivity index (χ0n) is 13.1. The molecule has 6 nitrogen and oxygen atoms in total. The van der Waals surface area contributed by atoms with E-state index in [9.17, 15) is 8.42 Å². The van der Waals surface area contributed by atoms with E-state index in [4.69, 9.17) is 9.15 Å². The number of rotatable bonds is 9. The van der Waals surface area contributed by atoms with Crippen molar-refractivity contribution in [2.24, 2.45) is 0 Å². The van der Waals surface area contributed by atoms with Crippen LogP contribution in [0.3, 0.4) is 0 Å². The Morgan fingerprint density at radius 1 is 1.38 bits per heavy atom. The van der Waals surface area contributed by atoms with E-state index in [1.54, 1.807) is 34.1 Å². The quantitative estimate of drug-likeness (QED) is 0.698. The van der Waals surface area contributed by atoms with E-state index in [2.05, 4.69) is 11.9 Å². The molecule has 1 N–H and O–H groups in total. The lowest BCUT2D eigenvalue weighted by Crippen LogP contribution is -2.35. The van der Waals surface area contributed by atoms with E-state index < -0.39 is 10.0 Å². The van der Waals surface area contributed by atoms with E-state index in [1.165, 1.54) is 4.31 Å². The van der Waals surface area contributed by atoms with Crippen LogP contribution in [0, 0.1) is 13.8 Å². The molecule has 7 heteroatoms. The smallest absolute Gasteiger partial charge is 0.247 e. The number of hydrogen-bond acceptors (Lipinski definition) is 5. The lowest BCUT2D eigenvalue weighted by atomic mass is 10.2. The van der Waals surface area contributed by atoms with E-state index in [0.29, 0.717) is 30.2 Å². The lowest BCUT2D eigenvalue weighted by molar-refractivity contribution is 0.182. The van der Waals surface area contributed by atoms with Crippen molar-refractivity contribution in [2.75, 3.05) is 33.9 Å². The van der Waals surface area contributed by atoms with Crippen molar-refractivity contribution in [3.8, 4) is 0 Å². The summed E-state index contributed by atoms with van der Waals surface area (Å²) in [6, 6.07) is 0. The molecule has 0 aliphatic heterocycles. The summed E-state index contributed by atoms with van der Waals surface area (Å²) in [5.74, 6) is 1.02. The molecule has 0 bridgehead atoms. The van der Waals surface area contributed by atoms with Gasteiger partial charge in [-0.3, -0.25) is 0 Å². The summed E-state index contributed by atoms with van der Waals surface area (Å²) in [6.45, 7) is 8.32. The van der Waals surface area contributed by atoms with Crippen LogP contribution in [0.2, 0.25) is 0 Å². The average Bonchev–Trinajstić information content (AvgIpc) is 2.70. The standard InChI is InChI=1S/C14H24N2O4S/c1-6-7-16(8-9-19-5)21(17,18)14-12(3)20-11(2)13(14)10-15-4/h6,15H,1,7-10H2,2-5H3. The monoisotopic (exact) mass is 316 g/mol. The molecule has 0 fully saturated rings. The van der Waals surface area contributed by atoms with Gasteiger partial charge in [0.05, 0.1) is 6.61 Å². The molecule has 0 spiro atoms. The first kappa shape index (κ1) is 17.9. The van der Waals surface area contributed by atoms with Gasteiger partial charge < -0.3 is 14.5 Å². The number of nitrogens with zero attached hydrogens (tertiary/aromatic N) is 1. The summed E-state index contributed by atoms with van der Waals surface area (Å²) < 4.78 is 37.6. The van der Waals surface area contributed by atoms with E-state index in [0.717, 1.165) is 0 Å². The highest BCUT2D eigenvalue weighted by molar-refractivity contribution is 7.89. The highest BCUT2D eigenvalue weighted by atomic mass is 32.2. The Bertz CT molecular complexity index is 578. The minimum absolute atomic E-state index is 0.231. The predicted octanol–water partition coefficient (Wildman–Crippen LogP) is 1.44. The maximum atomic E-state index is 12.9. The Morgan fingerprint density at radius 2 is 2.05 bits per heavy atom. The third-order valence-electron chi connectivity index (χ3n) is 3.15. The summed E-state index contributed by atoms with van der Waals surface area (Å²) in [5.41, 5.74) is 0.668. The van der Waals surface area contributed by atoms with Gasteiger partial charge in [-0.2, -0.15) is 4.31 Å². The number of furan rings is 1. The van der Waals surface area contributed by atoms with Crippen LogP contribution in [-0.2, 0) is 21.3 Å². The summed E-state index contributed by atoms with van der Waals surface area (Å²) in [7, 11) is -0.341. The first-order valence-electron chi connectivity index (χ1n) is 6.73. The molecule has 1 aromatic rings. The first-order valence-corrected chi connectivity index (χ1v) is 8.17. The molecule has 0 aliphatic rings. The van der Waals surface area contributed by atoms with Gasteiger partial charge in [0.25, 0.3) is 0 Å². The molecule has 0 aromatic carbocycles. The Morgan fingerprint density at radius 3 is 2.57 bits per heavy atom. The molecule has 0 unspecified atom stereocenters. The van der Waals surface area contributed by atoms with Gasteiger partial charge >= 0.3 is 0 Å². The largest absolute Gasteiger partial charge is 0.465 e. The molecular formula is C14H24N2O4S. The van der Waals surface area contributed by atoms with E-state index in [-0.39, 0.29) is 18.0 Å². The molecular weight excluding hydrogens is 292 g/mol. The minimum atomic E-state index is -3.65. The number of ether oxygens (including phenoxy) is 1. The highest BCUT2D eigenvalue weighted by Gasteiger charge is 2.31. The van der Waals surface area contributed by atoms with Gasteiger partial charge in [0.2, 0.25) is 10.0 Å². The average molecular weight is 316 g/mol. The Hall–Kier alpha value is -1.15. The van der Waals surface area contributed by atoms with Crippen LogP contribution in [0.15, 0.2) is 22.0 Å². The zero-order valence-corrected chi connectivity index (χ0v) is 13.9. The van der Waals surface area contributed by atoms with Gasteiger partial charge in [0, 0.05) is 32.3 Å². The number of methoxy groups -OCH3 is 1.